The smallest absolute Gasteiger partial charge is 0.348 e. The molecule has 2 aromatic rings. The maximum Gasteiger partial charge on any atom is 0.348 e. The van der Waals surface area contributed by atoms with Crippen LogP contribution in [0.15, 0.2) is 24.3 Å². The third kappa shape index (κ3) is 2.88. The van der Waals surface area contributed by atoms with Gasteiger partial charge in [0.15, 0.2) is 0 Å². The number of hydrogen-bond acceptors (Lipinski definition) is 3. The lowest BCUT2D eigenvalue weighted by atomic mass is 10.1. The molecule has 0 bridgehead atoms. The molecular weight excluding hydrogens is 274 g/mol. The van der Waals surface area contributed by atoms with E-state index in [1.165, 1.54) is 12.5 Å². The molecule has 0 spiro atoms. The van der Waals surface area contributed by atoms with E-state index in [0.29, 0.717) is 5.69 Å². The zero-order valence-electron chi connectivity index (χ0n) is 11.5. The van der Waals surface area contributed by atoms with Crippen molar-refractivity contribution < 1.29 is 14.7 Å². The number of aryl methyl sites for hydroxylation is 2. The van der Waals surface area contributed by atoms with Gasteiger partial charge in [0, 0.05) is 11.8 Å². The average Bonchev–Trinajstić information content (AvgIpc) is 2.76. The number of carboxylic acid groups (broad SMARTS) is 1. The van der Waals surface area contributed by atoms with Crippen LogP contribution in [0, 0.1) is 13.8 Å². The Labute approximate surface area is 121 Å². The Morgan fingerprint density at radius 2 is 1.85 bits per heavy atom. The maximum absolute atomic E-state index is 11.2. The van der Waals surface area contributed by atoms with Crippen molar-refractivity contribution in [3.05, 3.63) is 40.3 Å². The van der Waals surface area contributed by atoms with E-state index in [1.54, 1.807) is 6.07 Å². The van der Waals surface area contributed by atoms with Crippen LogP contribution in [0.25, 0.3) is 10.4 Å². The minimum absolute atomic E-state index is 0.147. The number of benzene rings is 1. The predicted molar refractivity (Wildman–Crippen MR) is 80.5 cm³/mol. The Morgan fingerprint density at radius 1 is 1.15 bits per heavy atom. The molecule has 1 aromatic carbocycles. The summed E-state index contributed by atoms with van der Waals surface area (Å²) >= 11 is 1.16. The van der Waals surface area contributed by atoms with Gasteiger partial charge in [0.2, 0.25) is 5.91 Å². The number of carbonyl (C=O) groups excluding carboxylic acids is 1. The third-order valence-corrected chi connectivity index (χ3v) is 4.20. The molecule has 0 aliphatic carbocycles. The fraction of sp³-hybridized carbons (Fsp3) is 0.200. The van der Waals surface area contributed by atoms with E-state index in [9.17, 15) is 14.7 Å². The number of hydrogen-bond donors (Lipinski definition) is 2. The van der Waals surface area contributed by atoms with Crippen molar-refractivity contribution in [2.45, 2.75) is 20.8 Å². The molecule has 0 aliphatic heterocycles. The normalized spacial score (nSPS) is 10.3. The van der Waals surface area contributed by atoms with Gasteiger partial charge in [0.1, 0.15) is 4.88 Å². The third-order valence-electron chi connectivity index (χ3n) is 3.03. The van der Waals surface area contributed by atoms with Crippen LogP contribution in [-0.2, 0) is 4.79 Å². The first-order valence-corrected chi connectivity index (χ1v) is 6.92. The Kier molecular flexibility index (Phi) is 3.90. The Hall–Kier alpha value is -2.14. The SMILES string of the molecule is CC(=O)Nc1cc(-c2ccc(C)c(C)c2)sc1C(=O)O. The average molecular weight is 289 g/mol. The van der Waals surface area contributed by atoms with E-state index >= 15 is 0 Å². The molecule has 0 saturated carbocycles. The molecule has 0 saturated heterocycles. The van der Waals surface area contributed by atoms with Crippen LogP contribution in [0.5, 0.6) is 0 Å². The quantitative estimate of drug-likeness (QED) is 0.905. The van der Waals surface area contributed by atoms with E-state index in [4.69, 9.17) is 0 Å². The van der Waals surface area contributed by atoms with Gasteiger partial charge >= 0.3 is 5.97 Å². The van der Waals surface area contributed by atoms with E-state index < -0.39 is 5.97 Å². The highest BCUT2D eigenvalue weighted by atomic mass is 32.1. The molecule has 2 rings (SSSR count). The number of anilines is 1. The second kappa shape index (κ2) is 5.46. The van der Waals surface area contributed by atoms with Crippen LogP contribution < -0.4 is 5.32 Å². The van der Waals surface area contributed by atoms with Crippen LogP contribution in [0.1, 0.15) is 27.7 Å². The second-order valence-corrected chi connectivity index (χ2v) is 5.69. The van der Waals surface area contributed by atoms with Gasteiger partial charge in [0.05, 0.1) is 5.69 Å². The molecule has 0 fully saturated rings. The van der Waals surface area contributed by atoms with Crippen molar-refractivity contribution in [2.75, 3.05) is 5.32 Å². The fourth-order valence-electron chi connectivity index (χ4n) is 1.87. The van der Waals surface area contributed by atoms with Crippen molar-refractivity contribution in [3.63, 3.8) is 0 Å². The van der Waals surface area contributed by atoms with Gasteiger partial charge in [0.25, 0.3) is 0 Å². The van der Waals surface area contributed by atoms with Gasteiger partial charge in [-0.3, -0.25) is 4.79 Å². The summed E-state index contributed by atoms with van der Waals surface area (Å²) in [5, 5.41) is 11.8. The van der Waals surface area contributed by atoms with Gasteiger partial charge in [-0.15, -0.1) is 11.3 Å². The molecule has 0 atom stereocenters. The molecule has 1 heterocycles. The fourth-order valence-corrected chi connectivity index (χ4v) is 2.82. The number of aromatic carboxylic acids is 1. The van der Waals surface area contributed by atoms with Crippen LogP contribution >= 0.6 is 11.3 Å². The van der Waals surface area contributed by atoms with Crippen LogP contribution in [0.4, 0.5) is 5.69 Å². The summed E-state index contributed by atoms with van der Waals surface area (Å²) in [7, 11) is 0. The number of thiophene rings is 1. The summed E-state index contributed by atoms with van der Waals surface area (Å²) in [6.45, 7) is 5.40. The van der Waals surface area contributed by atoms with Crippen LogP contribution in [-0.4, -0.2) is 17.0 Å². The van der Waals surface area contributed by atoms with E-state index in [-0.39, 0.29) is 10.8 Å². The van der Waals surface area contributed by atoms with Crippen molar-refractivity contribution in [1.29, 1.82) is 0 Å². The maximum atomic E-state index is 11.2. The van der Waals surface area contributed by atoms with E-state index in [2.05, 4.69) is 5.32 Å². The van der Waals surface area contributed by atoms with Crippen LogP contribution in [0.3, 0.4) is 0 Å². The molecule has 0 radical (unpaired) electrons. The lowest BCUT2D eigenvalue weighted by Gasteiger charge is -2.02. The number of carbonyl (C=O) groups is 2. The topological polar surface area (TPSA) is 66.4 Å². The molecule has 5 heteroatoms. The van der Waals surface area contributed by atoms with Gasteiger partial charge < -0.3 is 10.4 Å². The Morgan fingerprint density at radius 3 is 2.40 bits per heavy atom. The highest BCUT2D eigenvalue weighted by Crippen LogP contribution is 2.35. The highest BCUT2D eigenvalue weighted by molar-refractivity contribution is 7.18. The largest absolute Gasteiger partial charge is 0.477 e. The summed E-state index contributed by atoms with van der Waals surface area (Å²) < 4.78 is 0. The van der Waals surface area contributed by atoms with Gasteiger partial charge in [-0.25, -0.2) is 4.79 Å². The summed E-state index contributed by atoms with van der Waals surface area (Å²) in [4.78, 5) is 23.3. The zero-order chi connectivity index (χ0) is 14.9. The molecule has 2 N–H and O–H groups in total. The molecule has 0 unspecified atom stereocenters. The first-order chi connectivity index (χ1) is 9.38. The van der Waals surface area contributed by atoms with Gasteiger partial charge in [-0.1, -0.05) is 18.2 Å². The first-order valence-electron chi connectivity index (χ1n) is 6.11. The Bertz CT molecular complexity index is 688. The van der Waals surface area contributed by atoms with Crippen molar-refractivity contribution >= 4 is 28.9 Å². The van der Waals surface area contributed by atoms with Gasteiger partial charge in [-0.2, -0.15) is 0 Å². The zero-order valence-corrected chi connectivity index (χ0v) is 12.3. The molecule has 1 amide bonds. The predicted octanol–water partition coefficient (Wildman–Crippen LogP) is 3.69. The lowest BCUT2D eigenvalue weighted by molar-refractivity contribution is -0.114. The summed E-state index contributed by atoms with van der Waals surface area (Å²) in [6.07, 6.45) is 0. The van der Waals surface area contributed by atoms with Gasteiger partial charge in [-0.05, 0) is 36.6 Å². The molecular formula is C15H15NO3S. The minimum atomic E-state index is -1.03. The summed E-state index contributed by atoms with van der Waals surface area (Å²) in [5.41, 5.74) is 3.64. The number of rotatable bonds is 3. The number of amides is 1. The first kappa shape index (κ1) is 14.3. The molecule has 1 aromatic heterocycles. The van der Waals surface area contributed by atoms with Crippen LogP contribution in [0.2, 0.25) is 0 Å². The Balaban J connectivity index is 2.49. The number of carboxylic acids is 1. The van der Waals surface area contributed by atoms with Crippen molar-refractivity contribution in [1.82, 2.24) is 0 Å². The standard InChI is InChI=1S/C15H15NO3S/c1-8-4-5-11(6-9(8)2)13-7-12(16-10(3)17)14(20-13)15(18)19/h4-7H,1-3H3,(H,16,17)(H,18,19). The molecule has 20 heavy (non-hydrogen) atoms. The highest BCUT2D eigenvalue weighted by Gasteiger charge is 2.17. The second-order valence-electron chi connectivity index (χ2n) is 4.64. The summed E-state index contributed by atoms with van der Waals surface area (Å²) in [6, 6.07) is 7.68. The molecule has 0 aliphatic rings. The van der Waals surface area contributed by atoms with E-state index in [0.717, 1.165) is 27.3 Å². The molecule has 104 valence electrons. The monoisotopic (exact) mass is 289 g/mol. The summed E-state index contributed by atoms with van der Waals surface area (Å²) in [5.74, 6) is -1.31. The van der Waals surface area contributed by atoms with E-state index in [1.807, 2.05) is 32.0 Å². The minimum Gasteiger partial charge on any atom is -0.477 e. The number of nitrogens with one attached hydrogen (secondary N) is 1. The molecule has 4 nitrogen and oxygen atoms in total. The van der Waals surface area contributed by atoms with Crippen molar-refractivity contribution in [2.24, 2.45) is 0 Å². The lowest BCUT2D eigenvalue weighted by Crippen LogP contribution is -2.08. The van der Waals surface area contributed by atoms with Crippen molar-refractivity contribution in [3.8, 4) is 10.4 Å².